The zero-order valence-corrected chi connectivity index (χ0v) is 21.2. The lowest BCUT2D eigenvalue weighted by atomic mass is 9.73. The second kappa shape index (κ2) is 10.1. The van der Waals surface area contributed by atoms with E-state index in [1.807, 2.05) is 17.6 Å². The molecule has 2 fully saturated rings. The summed E-state index contributed by atoms with van der Waals surface area (Å²) in [5.74, 6) is -0.143. The first kappa shape index (κ1) is 25.2. The van der Waals surface area contributed by atoms with Crippen LogP contribution in [0.25, 0.3) is 11.2 Å². The molecule has 1 amide bonds. The Hall–Kier alpha value is -3.49. The van der Waals surface area contributed by atoms with Crippen LogP contribution in [0.5, 0.6) is 0 Å². The molecule has 3 heterocycles. The van der Waals surface area contributed by atoms with Crippen molar-refractivity contribution in [1.82, 2.24) is 19.5 Å². The van der Waals surface area contributed by atoms with Gasteiger partial charge in [0.2, 0.25) is 17.8 Å². The Balaban J connectivity index is 1.54. The van der Waals surface area contributed by atoms with Crippen LogP contribution in [0.3, 0.4) is 0 Å². The molecule has 1 aliphatic heterocycles. The molecule has 3 aromatic rings. The molecule has 2 aromatic heterocycles. The second-order valence-electron chi connectivity index (χ2n) is 9.95. The number of carbonyl (C=O) groups is 1. The Morgan fingerprint density at radius 3 is 2.65 bits per heavy atom. The summed E-state index contributed by atoms with van der Waals surface area (Å²) in [7, 11) is 0. The Bertz CT molecular complexity index is 1350. The molecule has 2 aliphatic rings. The highest BCUT2D eigenvalue weighted by Gasteiger charge is 2.38. The average Bonchev–Trinajstić information content (AvgIpc) is 3.24. The Morgan fingerprint density at radius 2 is 2.00 bits per heavy atom. The lowest BCUT2D eigenvalue weighted by molar-refractivity contribution is -0.128. The summed E-state index contributed by atoms with van der Waals surface area (Å²) in [6, 6.07) is 4.56. The maximum Gasteiger partial charge on any atom is 0.224 e. The maximum atomic E-state index is 14.9. The molecule has 0 atom stereocenters. The topological polar surface area (TPSA) is 144 Å². The van der Waals surface area contributed by atoms with Gasteiger partial charge in [-0.2, -0.15) is 10.2 Å². The van der Waals surface area contributed by atoms with Crippen molar-refractivity contribution < 1.29 is 13.9 Å². The standard InChI is InChI=1S/C25H28ClFN8O2/c1-25(22(29)36)6-2-16(3-7-25)35-21-19(13-30-23(34-21)31-15-4-8-37-9-5-15)32-24(35)33-20-17(26)10-14(12-28)11-18(20)27/h10-11,13,15-16H,2-9H2,1H3,(H2,29,36)(H,32,33)(H,30,31,34). The number of halogens is 2. The minimum Gasteiger partial charge on any atom is -0.381 e. The number of aromatic nitrogens is 4. The fraction of sp³-hybridized carbons (Fsp3) is 0.480. The predicted molar refractivity (Wildman–Crippen MR) is 137 cm³/mol. The van der Waals surface area contributed by atoms with Gasteiger partial charge in [-0.15, -0.1) is 0 Å². The van der Waals surface area contributed by atoms with Gasteiger partial charge in [0.15, 0.2) is 5.65 Å². The van der Waals surface area contributed by atoms with Crippen molar-refractivity contribution in [2.75, 3.05) is 23.8 Å². The van der Waals surface area contributed by atoms with Crippen LogP contribution in [-0.4, -0.2) is 44.7 Å². The van der Waals surface area contributed by atoms with Gasteiger partial charge in [0.25, 0.3) is 0 Å². The summed E-state index contributed by atoms with van der Waals surface area (Å²) in [5, 5.41) is 15.6. The molecule has 12 heteroatoms. The van der Waals surface area contributed by atoms with E-state index in [0.29, 0.717) is 62.0 Å². The van der Waals surface area contributed by atoms with Crippen LogP contribution >= 0.6 is 11.6 Å². The van der Waals surface area contributed by atoms with E-state index in [2.05, 4.69) is 20.6 Å². The summed E-state index contributed by atoms with van der Waals surface area (Å²) >= 11 is 6.32. The first-order chi connectivity index (χ1) is 17.8. The van der Waals surface area contributed by atoms with Gasteiger partial charge in [0.1, 0.15) is 11.3 Å². The number of carbonyl (C=O) groups excluding carboxylic acids is 1. The molecule has 194 valence electrons. The quantitative estimate of drug-likeness (QED) is 0.428. The number of anilines is 3. The largest absolute Gasteiger partial charge is 0.381 e. The first-order valence-electron chi connectivity index (χ1n) is 12.3. The summed E-state index contributed by atoms with van der Waals surface area (Å²) in [6.45, 7) is 3.26. The molecule has 1 saturated heterocycles. The van der Waals surface area contributed by atoms with Gasteiger partial charge >= 0.3 is 0 Å². The number of fused-ring (bicyclic) bond motifs is 1. The summed E-state index contributed by atoms with van der Waals surface area (Å²) in [5.41, 5.74) is 6.35. The van der Waals surface area contributed by atoms with Crippen molar-refractivity contribution in [2.45, 2.75) is 57.5 Å². The van der Waals surface area contributed by atoms with E-state index in [4.69, 9.17) is 32.3 Å². The van der Waals surface area contributed by atoms with Crippen LogP contribution in [0.4, 0.5) is 22.0 Å². The average molecular weight is 527 g/mol. The summed E-state index contributed by atoms with van der Waals surface area (Å²) < 4.78 is 22.3. The fourth-order valence-corrected chi connectivity index (χ4v) is 5.29. The Labute approximate surface area is 218 Å². The molecule has 0 bridgehead atoms. The van der Waals surface area contributed by atoms with Crippen molar-refractivity contribution >= 4 is 46.3 Å². The van der Waals surface area contributed by atoms with E-state index in [-0.39, 0.29) is 34.3 Å². The van der Waals surface area contributed by atoms with Crippen molar-refractivity contribution in [3.8, 4) is 6.07 Å². The molecular weight excluding hydrogens is 499 g/mol. The number of nitrogens with two attached hydrogens (primary N) is 1. The van der Waals surface area contributed by atoms with Crippen molar-refractivity contribution in [3.05, 3.63) is 34.7 Å². The first-order valence-corrected chi connectivity index (χ1v) is 12.7. The number of nitrogens with zero attached hydrogens (tertiary/aromatic N) is 5. The molecule has 0 spiro atoms. The van der Waals surface area contributed by atoms with E-state index < -0.39 is 11.2 Å². The molecule has 1 saturated carbocycles. The van der Waals surface area contributed by atoms with Gasteiger partial charge in [0, 0.05) is 30.7 Å². The summed E-state index contributed by atoms with van der Waals surface area (Å²) in [4.78, 5) is 25.9. The van der Waals surface area contributed by atoms with Crippen LogP contribution in [0, 0.1) is 22.6 Å². The fourth-order valence-electron chi connectivity index (χ4n) is 5.03. The van der Waals surface area contributed by atoms with Crippen LogP contribution in [0.15, 0.2) is 18.3 Å². The summed E-state index contributed by atoms with van der Waals surface area (Å²) in [6.07, 6.45) is 5.90. The number of primary amides is 1. The van der Waals surface area contributed by atoms with E-state index in [9.17, 15) is 9.18 Å². The lowest BCUT2D eigenvalue weighted by Crippen LogP contribution is -2.38. The molecular formula is C25H28ClFN8O2. The van der Waals surface area contributed by atoms with Crippen molar-refractivity contribution in [2.24, 2.45) is 11.1 Å². The van der Waals surface area contributed by atoms with Gasteiger partial charge in [-0.3, -0.25) is 9.36 Å². The molecule has 10 nitrogen and oxygen atoms in total. The highest BCUT2D eigenvalue weighted by atomic mass is 35.5. The number of nitriles is 1. The van der Waals surface area contributed by atoms with E-state index in [1.165, 1.54) is 6.07 Å². The number of amides is 1. The lowest BCUT2D eigenvalue weighted by Gasteiger charge is -2.35. The molecule has 37 heavy (non-hydrogen) atoms. The Kier molecular flexibility index (Phi) is 6.88. The third kappa shape index (κ3) is 5.04. The molecule has 0 unspecified atom stereocenters. The van der Waals surface area contributed by atoms with E-state index >= 15 is 0 Å². The van der Waals surface area contributed by atoms with Crippen molar-refractivity contribution in [1.29, 1.82) is 5.26 Å². The SMILES string of the molecule is CC1(C(N)=O)CCC(n2c(Nc3c(F)cc(C#N)cc3Cl)nc3cnc(NC4CCOCC4)nc32)CC1. The van der Waals surface area contributed by atoms with E-state index in [0.717, 1.165) is 18.9 Å². The number of ether oxygens (including phenoxy) is 1. The normalized spacial score (nSPS) is 22.5. The van der Waals surface area contributed by atoms with Crippen LogP contribution < -0.4 is 16.4 Å². The zero-order chi connectivity index (χ0) is 26.2. The van der Waals surface area contributed by atoms with Gasteiger partial charge in [-0.25, -0.2) is 14.4 Å². The van der Waals surface area contributed by atoms with Crippen LogP contribution in [0.1, 0.15) is 57.1 Å². The number of benzene rings is 1. The third-order valence-corrected chi connectivity index (χ3v) is 7.71. The molecule has 0 radical (unpaired) electrons. The van der Waals surface area contributed by atoms with E-state index in [1.54, 1.807) is 6.20 Å². The molecule has 5 rings (SSSR count). The van der Waals surface area contributed by atoms with Crippen molar-refractivity contribution in [3.63, 3.8) is 0 Å². The molecule has 1 aromatic carbocycles. The third-order valence-electron chi connectivity index (χ3n) is 7.41. The number of imidazole rings is 1. The van der Waals surface area contributed by atoms with Crippen LogP contribution in [-0.2, 0) is 9.53 Å². The highest BCUT2D eigenvalue weighted by molar-refractivity contribution is 6.33. The minimum atomic E-state index is -0.666. The molecule has 1 aliphatic carbocycles. The predicted octanol–water partition coefficient (Wildman–Crippen LogP) is 4.43. The van der Waals surface area contributed by atoms with Gasteiger partial charge in [-0.05, 0) is 50.7 Å². The maximum absolute atomic E-state index is 14.9. The number of nitrogens with one attached hydrogen (secondary N) is 2. The number of hydrogen-bond donors (Lipinski definition) is 3. The number of hydrogen-bond acceptors (Lipinski definition) is 8. The zero-order valence-electron chi connectivity index (χ0n) is 20.4. The molecule has 4 N–H and O–H groups in total. The Morgan fingerprint density at radius 1 is 1.27 bits per heavy atom. The highest BCUT2D eigenvalue weighted by Crippen LogP contribution is 2.43. The second-order valence-corrected chi connectivity index (χ2v) is 10.4. The monoisotopic (exact) mass is 526 g/mol. The van der Waals surface area contributed by atoms with Crippen LogP contribution in [0.2, 0.25) is 5.02 Å². The minimum absolute atomic E-state index is 0.0171. The van der Waals surface area contributed by atoms with Gasteiger partial charge in [0.05, 0.1) is 28.5 Å². The smallest absolute Gasteiger partial charge is 0.224 e. The van der Waals surface area contributed by atoms with Gasteiger partial charge < -0.3 is 21.1 Å². The van der Waals surface area contributed by atoms with Gasteiger partial charge in [-0.1, -0.05) is 18.5 Å². The number of rotatable bonds is 6.